The summed E-state index contributed by atoms with van der Waals surface area (Å²) in [5.41, 5.74) is 5.06. The van der Waals surface area contributed by atoms with E-state index >= 15 is 0 Å². The third-order valence-electron chi connectivity index (χ3n) is 4.97. The lowest BCUT2D eigenvalue weighted by molar-refractivity contribution is 0.182. The lowest BCUT2D eigenvalue weighted by atomic mass is 9.94. The lowest BCUT2D eigenvalue weighted by Crippen LogP contribution is -2.47. The zero-order chi connectivity index (χ0) is 17.8. The Morgan fingerprint density at radius 2 is 2.00 bits per heavy atom. The SMILES string of the molecule is CCN1Cc2ccccc2C[C@@H]1CNC(=S)c1cc(C)ccc1OC. The van der Waals surface area contributed by atoms with Crippen molar-refractivity contribution in [1.82, 2.24) is 10.2 Å². The average Bonchev–Trinajstić information content (AvgIpc) is 2.65. The van der Waals surface area contributed by atoms with Crippen molar-refractivity contribution < 1.29 is 4.74 Å². The maximum Gasteiger partial charge on any atom is 0.129 e. The Kier molecular flexibility index (Phi) is 5.71. The molecule has 0 aromatic heterocycles. The molecule has 0 saturated heterocycles. The maximum absolute atomic E-state index is 5.65. The number of benzene rings is 2. The largest absolute Gasteiger partial charge is 0.496 e. The first-order valence-corrected chi connectivity index (χ1v) is 9.27. The van der Waals surface area contributed by atoms with E-state index in [1.165, 1.54) is 16.7 Å². The molecule has 0 aliphatic carbocycles. The summed E-state index contributed by atoms with van der Waals surface area (Å²) in [6, 6.07) is 15.3. The van der Waals surface area contributed by atoms with Gasteiger partial charge < -0.3 is 10.1 Å². The molecule has 1 aliphatic rings. The van der Waals surface area contributed by atoms with E-state index in [0.29, 0.717) is 6.04 Å². The molecular formula is C21H26N2OS. The fourth-order valence-corrected chi connectivity index (χ4v) is 3.76. The highest BCUT2D eigenvalue weighted by Gasteiger charge is 2.25. The van der Waals surface area contributed by atoms with Crippen LogP contribution in [0.3, 0.4) is 0 Å². The molecule has 4 heteroatoms. The standard InChI is InChI=1S/C21H26N2OS/c1-4-23-14-17-8-6-5-7-16(17)12-18(23)13-22-21(25)19-11-15(2)9-10-20(19)24-3/h5-11,18H,4,12-14H2,1-3H3,(H,22,25)/t18-/m1/s1. The van der Waals surface area contributed by atoms with Gasteiger partial charge in [-0.05, 0) is 43.1 Å². The molecule has 0 amide bonds. The van der Waals surface area contributed by atoms with Crippen LogP contribution in [0.1, 0.15) is 29.2 Å². The van der Waals surface area contributed by atoms with E-state index in [1.54, 1.807) is 7.11 Å². The molecule has 2 aromatic rings. The van der Waals surface area contributed by atoms with Crippen LogP contribution in [0, 0.1) is 6.92 Å². The molecule has 1 atom stereocenters. The van der Waals surface area contributed by atoms with Crippen LogP contribution in [-0.2, 0) is 13.0 Å². The molecule has 3 rings (SSSR count). The van der Waals surface area contributed by atoms with Crippen molar-refractivity contribution in [3.63, 3.8) is 0 Å². The molecule has 0 fully saturated rings. The smallest absolute Gasteiger partial charge is 0.129 e. The molecule has 1 N–H and O–H groups in total. The summed E-state index contributed by atoms with van der Waals surface area (Å²) in [6.45, 7) is 7.20. The molecule has 0 saturated carbocycles. The van der Waals surface area contributed by atoms with E-state index < -0.39 is 0 Å². The number of hydrogen-bond acceptors (Lipinski definition) is 3. The van der Waals surface area contributed by atoms with Crippen LogP contribution >= 0.6 is 12.2 Å². The highest BCUT2D eigenvalue weighted by molar-refractivity contribution is 7.80. The van der Waals surface area contributed by atoms with Gasteiger partial charge in [-0.25, -0.2) is 0 Å². The number of nitrogens with zero attached hydrogens (tertiary/aromatic N) is 1. The Morgan fingerprint density at radius 3 is 2.72 bits per heavy atom. The Hall–Kier alpha value is -1.91. The second kappa shape index (κ2) is 7.98. The number of hydrogen-bond donors (Lipinski definition) is 1. The number of aryl methyl sites for hydroxylation is 1. The molecule has 1 heterocycles. The van der Waals surface area contributed by atoms with Crippen LogP contribution < -0.4 is 10.1 Å². The maximum atomic E-state index is 5.65. The van der Waals surface area contributed by atoms with Gasteiger partial charge in [-0.2, -0.15) is 0 Å². The van der Waals surface area contributed by atoms with Gasteiger partial charge in [0.25, 0.3) is 0 Å². The number of nitrogens with one attached hydrogen (secondary N) is 1. The van der Waals surface area contributed by atoms with Crippen molar-refractivity contribution in [2.75, 3.05) is 20.2 Å². The fraction of sp³-hybridized carbons (Fsp3) is 0.381. The molecule has 0 bridgehead atoms. The van der Waals surface area contributed by atoms with E-state index in [2.05, 4.69) is 54.4 Å². The summed E-state index contributed by atoms with van der Waals surface area (Å²) in [5.74, 6) is 0.824. The average molecular weight is 355 g/mol. The van der Waals surface area contributed by atoms with Crippen molar-refractivity contribution in [1.29, 1.82) is 0 Å². The number of rotatable bonds is 5. The first kappa shape index (κ1) is 17.9. The van der Waals surface area contributed by atoms with Crippen LogP contribution in [0.25, 0.3) is 0 Å². The first-order chi connectivity index (χ1) is 12.1. The van der Waals surface area contributed by atoms with E-state index in [4.69, 9.17) is 17.0 Å². The van der Waals surface area contributed by atoms with Crippen molar-refractivity contribution >= 4 is 17.2 Å². The summed E-state index contributed by atoms with van der Waals surface area (Å²) >= 11 is 5.65. The van der Waals surface area contributed by atoms with E-state index in [-0.39, 0.29) is 0 Å². The zero-order valence-corrected chi connectivity index (χ0v) is 16.0. The van der Waals surface area contributed by atoms with Gasteiger partial charge in [-0.1, -0.05) is 55.0 Å². The number of fused-ring (bicyclic) bond motifs is 1. The second-order valence-corrected chi connectivity index (χ2v) is 7.01. The number of thiocarbonyl (C=S) groups is 1. The molecular weight excluding hydrogens is 328 g/mol. The molecule has 2 aromatic carbocycles. The molecule has 0 spiro atoms. The molecule has 1 aliphatic heterocycles. The minimum absolute atomic E-state index is 0.452. The Morgan fingerprint density at radius 1 is 1.24 bits per heavy atom. The van der Waals surface area contributed by atoms with Gasteiger partial charge >= 0.3 is 0 Å². The topological polar surface area (TPSA) is 24.5 Å². The molecule has 0 unspecified atom stereocenters. The van der Waals surface area contributed by atoms with Crippen molar-refractivity contribution in [3.8, 4) is 5.75 Å². The minimum atomic E-state index is 0.452. The fourth-order valence-electron chi connectivity index (χ4n) is 3.52. The normalized spacial score (nSPS) is 17.0. The van der Waals surface area contributed by atoms with E-state index in [1.807, 2.05) is 12.1 Å². The third kappa shape index (κ3) is 4.02. The Labute approximate surface area is 156 Å². The Balaban J connectivity index is 1.70. The van der Waals surface area contributed by atoms with Gasteiger partial charge in [0.15, 0.2) is 0 Å². The van der Waals surface area contributed by atoms with Crippen molar-refractivity contribution in [2.45, 2.75) is 32.9 Å². The Bertz CT molecular complexity index is 759. The first-order valence-electron chi connectivity index (χ1n) is 8.86. The highest BCUT2D eigenvalue weighted by Crippen LogP contribution is 2.23. The summed E-state index contributed by atoms with van der Waals surface area (Å²) in [6.07, 6.45) is 1.06. The molecule has 3 nitrogen and oxygen atoms in total. The predicted octanol–water partition coefficient (Wildman–Crippen LogP) is 3.72. The van der Waals surface area contributed by atoms with Crippen LogP contribution in [0.2, 0.25) is 0 Å². The summed E-state index contributed by atoms with van der Waals surface area (Å²) in [5, 5.41) is 3.48. The van der Waals surface area contributed by atoms with Crippen LogP contribution in [0.4, 0.5) is 0 Å². The van der Waals surface area contributed by atoms with Gasteiger partial charge in [-0.3, -0.25) is 4.90 Å². The quantitative estimate of drug-likeness (QED) is 0.827. The number of ether oxygens (including phenoxy) is 1. The summed E-state index contributed by atoms with van der Waals surface area (Å²) in [7, 11) is 1.69. The van der Waals surface area contributed by atoms with Crippen LogP contribution in [-0.4, -0.2) is 36.1 Å². The van der Waals surface area contributed by atoms with Crippen LogP contribution in [0.15, 0.2) is 42.5 Å². The van der Waals surface area contributed by atoms with Crippen molar-refractivity contribution in [2.24, 2.45) is 0 Å². The van der Waals surface area contributed by atoms with Gasteiger partial charge in [0.2, 0.25) is 0 Å². The van der Waals surface area contributed by atoms with Crippen molar-refractivity contribution in [3.05, 3.63) is 64.7 Å². The van der Waals surface area contributed by atoms with Gasteiger partial charge in [-0.15, -0.1) is 0 Å². The number of methoxy groups -OCH3 is 1. The third-order valence-corrected chi connectivity index (χ3v) is 5.33. The van der Waals surface area contributed by atoms with Gasteiger partial charge in [0, 0.05) is 19.1 Å². The minimum Gasteiger partial charge on any atom is -0.496 e. The van der Waals surface area contributed by atoms with Gasteiger partial charge in [0.1, 0.15) is 10.7 Å². The summed E-state index contributed by atoms with van der Waals surface area (Å²) < 4.78 is 5.46. The van der Waals surface area contributed by atoms with E-state index in [9.17, 15) is 0 Å². The van der Waals surface area contributed by atoms with Gasteiger partial charge in [0.05, 0.1) is 12.7 Å². The highest BCUT2D eigenvalue weighted by atomic mass is 32.1. The molecule has 25 heavy (non-hydrogen) atoms. The second-order valence-electron chi connectivity index (χ2n) is 6.60. The van der Waals surface area contributed by atoms with Crippen LogP contribution in [0.5, 0.6) is 5.75 Å². The summed E-state index contributed by atoms with van der Waals surface area (Å²) in [4.78, 5) is 3.28. The number of likely N-dealkylation sites (N-methyl/N-ethyl adjacent to an activating group) is 1. The molecule has 132 valence electrons. The zero-order valence-electron chi connectivity index (χ0n) is 15.2. The van der Waals surface area contributed by atoms with E-state index in [0.717, 1.165) is 42.4 Å². The predicted molar refractivity (Wildman–Crippen MR) is 107 cm³/mol. The molecule has 0 radical (unpaired) electrons. The lowest BCUT2D eigenvalue weighted by Gasteiger charge is -2.36. The monoisotopic (exact) mass is 354 g/mol.